The topological polar surface area (TPSA) is 46.9 Å². The molecule has 0 saturated heterocycles. The van der Waals surface area contributed by atoms with Crippen LogP contribution < -0.4 is 5.32 Å². The molecular formula is C12H15N3OS. The summed E-state index contributed by atoms with van der Waals surface area (Å²) in [6, 6.07) is 5.95. The van der Waals surface area contributed by atoms with E-state index in [1.807, 2.05) is 44.5 Å². The molecule has 0 aliphatic rings. The van der Waals surface area contributed by atoms with E-state index < -0.39 is 0 Å². The number of aryl methyl sites for hydroxylation is 1. The number of nitrogens with zero attached hydrogens (tertiary/aromatic N) is 2. The number of carbonyl (C=O) groups excluding carboxylic acids is 1. The Morgan fingerprint density at radius 1 is 1.53 bits per heavy atom. The van der Waals surface area contributed by atoms with E-state index in [2.05, 4.69) is 10.4 Å². The predicted octanol–water partition coefficient (Wildman–Crippen LogP) is 2.29. The molecule has 0 spiro atoms. The normalized spacial score (nSPS) is 10.8. The van der Waals surface area contributed by atoms with Crippen LogP contribution in [0.25, 0.3) is 10.6 Å². The molecule has 5 heteroatoms. The van der Waals surface area contributed by atoms with Crippen LogP contribution in [0, 0.1) is 0 Å². The lowest BCUT2D eigenvalue weighted by Gasteiger charge is -2.04. The summed E-state index contributed by atoms with van der Waals surface area (Å²) in [5, 5.41) is 9.07. The van der Waals surface area contributed by atoms with Crippen molar-refractivity contribution in [1.82, 2.24) is 15.1 Å². The summed E-state index contributed by atoms with van der Waals surface area (Å²) in [4.78, 5) is 12.9. The molecule has 2 aromatic rings. The van der Waals surface area contributed by atoms with E-state index in [1.54, 1.807) is 16.0 Å². The Hall–Kier alpha value is -1.62. The van der Waals surface area contributed by atoms with E-state index in [9.17, 15) is 4.79 Å². The minimum atomic E-state index is -0.126. The number of hydrogen-bond acceptors (Lipinski definition) is 3. The van der Waals surface area contributed by atoms with Gasteiger partial charge >= 0.3 is 0 Å². The van der Waals surface area contributed by atoms with Gasteiger partial charge in [-0.1, -0.05) is 6.07 Å². The molecule has 0 aliphatic carbocycles. The highest BCUT2D eigenvalue weighted by atomic mass is 32.1. The smallest absolute Gasteiger partial charge is 0.271 e. The van der Waals surface area contributed by atoms with Gasteiger partial charge in [0.05, 0.1) is 10.6 Å². The monoisotopic (exact) mass is 249 g/mol. The van der Waals surface area contributed by atoms with Crippen LogP contribution in [0.15, 0.2) is 23.6 Å². The standard InChI is InChI=1S/C12H15N3OS/c1-8(2)13-12(16)9-7-10(15(3)14-9)11-5-4-6-17-11/h4-8H,1-3H3,(H,13,16). The molecule has 0 saturated carbocycles. The fourth-order valence-electron chi connectivity index (χ4n) is 1.57. The second kappa shape index (κ2) is 4.71. The number of thiophene rings is 1. The van der Waals surface area contributed by atoms with Crippen LogP contribution >= 0.6 is 11.3 Å². The molecule has 0 bridgehead atoms. The molecule has 4 nitrogen and oxygen atoms in total. The Labute approximate surface area is 104 Å². The number of aromatic nitrogens is 2. The Morgan fingerprint density at radius 2 is 2.29 bits per heavy atom. The zero-order chi connectivity index (χ0) is 12.4. The highest BCUT2D eigenvalue weighted by Crippen LogP contribution is 2.24. The Morgan fingerprint density at radius 3 is 2.88 bits per heavy atom. The third-order valence-corrected chi connectivity index (χ3v) is 3.20. The Balaban J connectivity index is 2.28. The molecule has 1 amide bonds. The quantitative estimate of drug-likeness (QED) is 0.907. The fraction of sp³-hybridized carbons (Fsp3) is 0.333. The van der Waals surface area contributed by atoms with Crippen LogP contribution in [-0.2, 0) is 7.05 Å². The first-order valence-corrected chi connectivity index (χ1v) is 6.34. The van der Waals surface area contributed by atoms with E-state index in [1.165, 1.54) is 0 Å². The van der Waals surface area contributed by atoms with Crippen molar-refractivity contribution >= 4 is 17.2 Å². The fourth-order valence-corrected chi connectivity index (χ4v) is 2.34. The van der Waals surface area contributed by atoms with Crippen LogP contribution in [0.3, 0.4) is 0 Å². The van der Waals surface area contributed by atoms with Gasteiger partial charge in [-0.25, -0.2) is 0 Å². The van der Waals surface area contributed by atoms with E-state index in [0.717, 1.165) is 10.6 Å². The van der Waals surface area contributed by atoms with Crippen molar-refractivity contribution in [1.29, 1.82) is 0 Å². The molecule has 90 valence electrons. The molecule has 0 aliphatic heterocycles. The second-order valence-corrected chi connectivity index (χ2v) is 5.09. The van der Waals surface area contributed by atoms with Gasteiger partial charge in [-0.3, -0.25) is 9.48 Å². The number of rotatable bonds is 3. The molecule has 0 radical (unpaired) electrons. The van der Waals surface area contributed by atoms with Crippen molar-refractivity contribution in [3.05, 3.63) is 29.3 Å². The van der Waals surface area contributed by atoms with Gasteiger partial charge in [0.15, 0.2) is 5.69 Å². The van der Waals surface area contributed by atoms with Gasteiger partial charge in [0.2, 0.25) is 0 Å². The van der Waals surface area contributed by atoms with Crippen LogP contribution in [0.4, 0.5) is 0 Å². The molecule has 0 aromatic carbocycles. The molecular weight excluding hydrogens is 234 g/mol. The Kier molecular flexibility index (Phi) is 3.28. The van der Waals surface area contributed by atoms with Gasteiger partial charge in [-0.15, -0.1) is 11.3 Å². The molecule has 17 heavy (non-hydrogen) atoms. The van der Waals surface area contributed by atoms with E-state index in [-0.39, 0.29) is 11.9 Å². The average Bonchev–Trinajstić information content (AvgIpc) is 2.84. The average molecular weight is 249 g/mol. The zero-order valence-corrected chi connectivity index (χ0v) is 10.9. The highest BCUT2D eigenvalue weighted by Gasteiger charge is 2.14. The van der Waals surface area contributed by atoms with Crippen LogP contribution in [0.5, 0.6) is 0 Å². The maximum Gasteiger partial charge on any atom is 0.271 e. The molecule has 0 fully saturated rings. The van der Waals surface area contributed by atoms with Gasteiger partial charge in [-0.05, 0) is 31.4 Å². The van der Waals surface area contributed by atoms with E-state index in [4.69, 9.17) is 0 Å². The van der Waals surface area contributed by atoms with Gasteiger partial charge in [0, 0.05) is 13.1 Å². The first-order chi connectivity index (χ1) is 8.08. The lowest BCUT2D eigenvalue weighted by Crippen LogP contribution is -2.30. The SMILES string of the molecule is CC(C)NC(=O)c1cc(-c2cccs2)n(C)n1. The summed E-state index contributed by atoms with van der Waals surface area (Å²) in [7, 11) is 1.85. The van der Waals surface area contributed by atoms with Crippen molar-refractivity contribution in [3.8, 4) is 10.6 Å². The van der Waals surface area contributed by atoms with Gasteiger partial charge in [0.1, 0.15) is 0 Å². The van der Waals surface area contributed by atoms with E-state index in [0.29, 0.717) is 5.69 Å². The van der Waals surface area contributed by atoms with Crippen molar-refractivity contribution in [3.63, 3.8) is 0 Å². The molecule has 0 unspecified atom stereocenters. The zero-order valence-electron chi connectivity index (χ0n) is 10.1. The first kappa shape index (κ1) is 11.9. The van der Waals surface area contributed by atoms with Crippen LogP contribution in [0.1, 0.15) is 24.3 Å². The number of hydrogen-bond donors (Lipinski definition) is 1. The summed E-state index contributed by atoms with van der Waals surface area (Å²) in [6.07, 6.45) is 0. The summed E-state index contributed by atoms with van der Waals surface area (Å²) >= 11 is 1.64. The van der Waals surface area contributed by atoms with Crippen molar-refractivity contribution in [2.24, 2.45) is 7.05 Å². The van der Waals surface area contributed by atoms with Crippen molar-refractivity contribution in [2.75, 3.05) is 0 Å². The largest absolute Gasteiger partial charge is 0.348 e. The molecule has 2 rings (SSSR count). The third-order valence-electron chi connectivity index (χ3n) is 2.31. The molecule has 2 aromatic heterocycles. The number of nitrogens with one attached hydrogen (secondary N) is 1. The lowest BCUT2D eigenvalue weighted by atomic mass is 10.3. The molecule has 2 heterocycles. The lowest BCUT2D eigenvalue weighted by molar-refractivity contribution is 0.0937. The number of amides is 1. The van der Waals surface area contributed by atoms with E-state index >= 15 is 0 Å². The highest BCUT2D eigenvalue weighted by molar-refractivity contribution is 7.13. The van der Waals surface area contributed by atoms with Crippen molar-refractivity contribution < 1.29 is 4.79 Å². The van der Waals surface area contributed by atoms with Crippen LogP contribution in [-0.4, -0.2) is 21.7 Å². The second-order valence-electron chi connectivity index (χ2n) is 4.14. The molecule has 1 N–H and O–H groups in total. The first-order valence-electron chi connectivity index (χ1n) is 5.46. The maximum absolute atomic E-state index is 11.8. The van der Waals surface area contributed by atoms with Gasteiger partial charge in [-0.2, -0.15) is 5.10 Å². The van der Waals surface area contributed by atoms with Crippen molar-refractivity contribution in [2.45, 2.75) is 19.9 Å². The predicted molar refractivity (Wildman–Crippen MR) is 69.1 cm³/mol. The van der Waals surface area contributed by atoms with Gasteiger partial charge < -0.3 is 5.32 Å². The van der Waals surface area contributed by atoms with Crippen LogP contribution in [0.2, 0.25) is 0 Å². The minimum Gasteiger partial charge on any atom is -0.348 e. The summed E-state index contributed by atoms with van der Waals surface area (Å²) in [6.45, 7) is 3.86. The Bertz CT molecular complexity index is 514. The third kappa shape index (κ3) is 2.55. The summed E-state index contributed by atoms with van der Waals surface area (Å²) in [5.74, 6) is -0.126. The minimum absolute atomic E-state index is 0.120. The maximum atomic E-state index is 11.8. The summed E-state index contributed by atoms with van der Waals surface area (Å²) in [5.41, 5.74) is 1.43. The van der Waals surface area contributed by atoms with Gasteiger partial charge in [0.25, 0.3) is 5.91 Å². The molecule has 0 atom stereocenters. The summed E-state index contributed by atoms with van der Waals surface area (Å²) < 4.78 is 1.74. The number of carbonyl (C=O) groups is 1.